The van der Waals surface area contributed by atoms with Gasteiger partial charge >= 0.3 is 0 Å². The third-order valence-corrected chi connectivity index (χ3v) is 1.39. The van der Waals surface area contributed by atoms with E-state index in [2.05, 4.69) is 11.0 Å². The Kier molecular flexibility index (Phi) is 7.42. The Morgan fingerprint density at radius 2 is 2.29 bits per heavy atom. The molecule has 0 amide bonds. The quantitative estimate of drug-likeness (QED) is 0.293. The third kappa shape index (κ3) is 5.30. The Morgan fingerprint density at radius 1 is 1.57 bits per heavy atom. The van der Waals surface area contributed by atoms with Gasteiger partial charge in [0.2, 0.25) is 0 Å². The minimum atomic E-state index is -0.760. The van der Waals surface area contributed by atoms with E-state index in [0.29, 0.717) is 12.2 Å². The maximum atomic E-state index is 12.1. The van der Waals surface area contributed by atoms with Crippen molar-refractivity contribution >= 4 is 0 Å². The summed E-state index contributed by atoms with van der Waals surface area (Å²) < 4.78 is 12.1. The zero-order valence-corrected chi connectivity index (χ0v) is 8.30. The predicted octanol–water partition coefficient (Wildman–Crippen LogP) is 1.36. The largest absolute Gasteiger partial charge is 0.398 e. The van der Waals surface area contributed by atoms with Crippen LogP contribution < -0.4 is 11.0 Å². The lowest BCUT2D eigenvalue weighted by Gasteiger charge is -2.06. The van der Waals surface area contributed by atoms with Gasteiger partial charge in [-0.05, 0) is 12.2 Å². The van der Waals surface area contributed by atoms with Crippen LogP contribution in [0.1, 0.15) is 13.3 Å². The molecule has 0 aromatic rings. The first kappa shape index (κ1) is 12.6. The van der Waals surface area contributed by atoms with Gasteiger partial charge in [0.1, 0.15) is 12.4 Å². The number of rotatable bonds is 6. The Labute approximate surface area is 83.0 Å². The van der Waals surface area contributed by atoms with E-state index in [-0.39, 0.29) is 5.57 Å². The summed E-state index contributed by atoms with van der Waals surface area (Å²) >= 11 is 0. The number of hydrogen-bond donors (Lipinski definition) is 2. The SMILES string of the molecule is CC/C(=C\C=C(\C#N)CF)ONNC. The summed E-state index contributed by atoms with van der Waals surface area (Å²) in [5.41, 5.74) is 5.08. The summed E-state index contributed by atoms with van der Waals surface area (Å²) in [5.74, 6) is 0.612. The molecule has 0 heterocycles. The molecule has 14 heavy (non-hydrogen) atoms. The number of nitriles is 1. The lowest BCUT2D eigenvalue weighted by Crippen LogP contribution is -2.27. The van der Waals surface area contributed by atoms with E-state index in [1.54, 1.807) is 19.2 Å². The number of halogens is 1. The number of hydrogen-bond acceptors (Lipinski definition) is 4. The lowest BCUT2D eigenvalue weighted by atomic mass is 10.2. The van der Waals surface area contributed by atoms with Gasteiger partial charge in [0, 0.05) is 13.5 Å². The average Bonchev–Trinajstić information content (AvgIpc) is 2.23. The van der Waals surface area contributed by atoms with Gasteiger partial charge in [-0.15, -0.1) is 0 Å². The number of nitrogens with zero attached hydrogens (tertiary/aromatic N) is 1. The Balaban J connectivity index is 4.29. The highest BCUT2D eigenvalue weighted by Gasteiger charge is 1.94. The topological polar surface area (TPSA) is 57.1 Å². The molecule has 5 heteroatoms. The van der Waals surface area contributed by atoms with Crippen molar-refractivity contribution in [3.8, 4) is 6.07 Å². The first-order valence-corrected chi connectivity index (χ1v) is 4.22. The summed E-state index contributed by atoms with van der Waals surface area (Å²) in [6.45, 7) is 1.13. The van der Waals surface area contributed by atoms with Gasteiger partial charge in [0.05, 0.1) is 11.6 Å². The summed E-state index contributed by atoms with van der Waals surface area (Å²) in [6.07, 6.45) is 3.61. The number of allylic oxidation sites excluding steroid dienone is 4. The van der Waals surface area contributed by atoms with E-state index in [1.807, 2.05) is 6.92 Å². The van der Waals surface area contributed by atoms with Crippen LogP contribution in [-0.2, 0) is 4.84 Å². The van der Waals surface area contributed by atoms with E-state index in [0.717, 1.165) is 0 Å². The molecule has 78 valence electrons. The molecule has 0 aliphatic heterocycles. The highest BCUT2D eigenvalue weighted by atomic mass is 19.1. The zero-order valence-electron chi connectivity index (χ0n) is 8.30. The molecular formula is C9H14FN3O. The standard InChI is InChI=1S/C9H14FN3O/c1-3-9(14-13-12-2)5-4-8(6-10)7-11/h4-5,12-13H,3,6H2,1-2H3/b8-4+,9-5+. The van der Waals surface area contributed by atoms with Crippen molar-refractivity contribution in [2.45, 2.75) is 13.3 Å². The fraction of sp³-hybridized carbons (Fsp3) is 0.444. The number of nitrogens with one attached hydrogen (secondary N) is 2. The van der Waals surface area contributed by atoms with E-state index in [9.17, 15) is 4.39 Å². The molecule has 0 aliphatic carbocycles. The molecule has 0 atom stereocenters. The minimum Gasteiger partial charge on any atom is -0.398 e. The van der Waals surface area contributed by atoms with Crippen molar-refractivity contribution in [2.24, 2.45) is 0 Å². The van der Waals surface area contributed by atoms with E-state index in [4.69, 9.17) is 10.1 Å². The van der Waals surface area contributed by atoms with Gasteiger partial charge in [0.15, 0.2) is 0 Å². The number of hydrazine groups is 1. The molecule has 0 saturated heterocycles. The van der Waals surface area contributed by atoms with Crippen LogP contribution in [0.3, 0.4) is 0 Å². The van der Waals surface area contributed by atoms with Crippen LogP contribution in [-0.4, -0.2) is 13.7 Å². The van der Waals surface area contributed by atoms with Crippen LogP contribution in [0.4, 0.5) is 4.39 Å². The molecule has 0 unspecified atom stereocenters. The van der Waals surface area contributed by atoms with Crippen LogP contribution in [0.25, 0.3) is 0 Å². The predicted molar refractivity (Wildman–Crippen MR) is 51.3 cm³/mol. The Morgan fingerprint density at radius 3 is 2.71 bits per heavy atom. The molecule has 0 fully saturated rings. The molecule has 0 spiro atoms. The fourth-order valence-electron chi connectivity index (χ4n) is 0.646. The molecule has 0 saturated carbocycles. The van der Waals surface area contributed by atoms with Crippen LogP contribution in [0.2, 0.25) is 0 Å². The first-order valence-electron chi connectivity index (χ1n) is 4.22. The highest BCUT2D eigenvalue weighted by molar-refractivity contribution is 5.26. The van der Waals surface area contributed by atoms with E-state index in [1.165, 1.54) is 6.08 Å². The monoisotopic (exact) mass is 199 g/mol. The van der Waals surface area contributed by atoms with Crippen LogP contribution in [0, 0.1) is 11.3 Å². The van der Waals surface area contributed by atoms with Gasteiger partial charge in [-0.2, -0.15) is 5.26 Å². The zero-order chi connectivity index (χ0) is 10.8. The average molecular weight is 199 g/mol. The van der Waals surface area contributed by atoms with Crippen LogP contribution in [0.5, 0.6) is 0 Å². The Hall–Kier alpha value is -1.38. The lowest BCUT2D eigenvalue weighted by molar-refractivity contribution is 0.0711. The van der Waals surface area contributed by atoms with Crippen molar-refractivity contribution in [2.75, 3.05) is 13.7 Å². The van der Waals surface area contributed by atoms with E-state index >= 15 is 0 Å². The second-order valence-electron chi connectivity index (χ2n) is 2.38. The molecule has 0 bridgehead atoms. The minimum absolute atomic E-state index is 0.0732. The summed E-state index contributed by atoms with van der Waals surface area (Å²) in [4.78, 5) is 5.00. The van der Waals surface area contributed by atoms with Gasteiger partial charge < -0.3 is 4.84 Å². The maximum absolute atomic E-state index is 12.1. The maximum Gasteiger partial charge on any atom is 0.125 e. The molecule has 0 aromatic heterocycles. The molecule has 2 N–H and O–H groups in total. The van der Waals surface area contributed by atoms with Crippen molar-refractivity contribution in [1.82, 2.24) is 11.0 Å². The molecule has 0 radical (unpaired) electrons. The summed E-state index contributed by atoms with van der Waals surface area (Å²) in [5, 5.41) is 8.43. The summed E-state index contributed by atoms with van der Waals surface area (Å²) in [6, 6.07) is 1.74. The van der Waals surface area contributed by atoms with Crippen LogP contribution in [0.15, 0.2) is 23.5 Å². The molecular weight excluding hydrogens is 185 g/mol. The number of alkyl halides is 1. The van der Waals surface area contributed by atoms with Crippen molar-refractivity contribution < 1.29 is 9.23 Å². The van der Waals surface area contributed by atoms with E-state index < -0.39 is 6.67 Å². The Bertz CT molecular complexity index is 255. The highest BCUT2D eigenvalue weighted by Crippen LogP contribution is 2.02. The van der Waals surface area contributed by atoms with Crippen LogP contribution >= 0.6 is 0 Å². The van der Waals surface area contributed by atoms with Gasteiger partial charge in [0.25, 0.3) is 0 Å². The molecule has 4 nitrogen and oxygen atoms in total. The van der Waals surface area contributed by atoms with Crippen molar-refractivity contribution in [3.05, 3.63) is 23.5 Å². The van der Waals surface area contributed by atoms with Gasteiger partial charge in [-0.3, -0.25) is 0 Å². The third-order valence-electron chi connectivity index (χ3n) is 1.39. The summed E-state index contributed by atoms with van der Waals surface area (Å²) in [7, 11) is 1.66. The van der Waals surface area contributed by atoms with Gasteiger partial charge in [-0.25, -0.2) is 9.82 Å². The van der Waals surface area contributed by atoms with Gasteiger partial charge in [-0.1, -0.05) is 12.5 Å². The smallest absolute Gasteiger partial charge is 0.125 e. The normalized spacial score (nSPS) is 12.4. The van der Waals surface area contributed by atoms with Crippen molar-refractivity contribution in [1.29, 1.82) is 5.26 Å². The van der Waals surface area contributed by atoms with Crippen molar-refractivity contribution in [3.63, 3.8) is 0 Å². The fourth-order valence-corrected chi connectivity index (χ4v) is 0.646. The second-order valence-corrected chi connectivity index (χ2v) is 2.38. The molecule has 0 rings (SSSR count). The second kappa shape index (κ2) is 8.23. The molecule has 0 aliphatic rings. The molecule has 0 aromatic carbocycles. The first-order chi connectivity index (χ1) is 6.78.